The quantitative estimate of drug-likeness (QED) is 0.664. The van der Waals surface area contributed by atoms with Crippen LogP contribution in [0.2, 0.25) is 0 Å². The van der Waals surface area contributed by atoms with Crippen molar-refractivity contribution in [1.82, 2.24) is 9.38 Å². The van der Waals surface area contributed by atoms with Crippen LogP contribution in [0.4, 0.5) is 4.39 Å². The predicted molar refractivity (Wildman–Crippen MR) is 68.3 cm³/mol. The monoisotopic (exact) mass is 290 g/mol. The van der Waals surface area contributed by atoms with E-state index in [0.29, 0.717) is 0 Å². The summed E-state index contributed by atoms with van der Waals surface area (Å²) in [5, 5.41) is 0. The Hall–Kier alpha value is -1.68. The minimum atomic E-state index is -0.249. The lowest BCUT2D eigenvalue weighted by Gasteiger charge is -1.94. The number of fused-ring (bicyclic) bond motifs is 1. The summed E-state index contributed by atoms with van der Waals surface area (Å²) in [6, 6.07) is 10.3. The smallest absolute Gasteiger partial charge is 0.137 e. The molecule has 3 rings (SSSR count). The van der Waals surface area contributed by atoms with Crippen molar-refractivity contribution in [3.8, 4) is 11.3 Å². The molecule has 2 nitrogen and oxygen atoms in total. The highest BCUT2D eigenvalue weighted by atomic mass is 79.9. The fourth-order valence-corrected chi connectivity index (χ4v) is 2.10. The number of rotatable bonds is 1. The number of nitrogens with zero attached hydrogens (tertiary/aromatic N) is 2. The third-order valence-corrected chi connectivity index (χ3v) is 3.00. The van der Waals surface area contributed by atoms with Gasteiger partial charge in [0.15, 0.2) is 0 Å². The molecular weight excluding hydrogens is 283 g/mol. The molecule has 0 aliphatic rings. The molecule has 2 heterocycles. The van der Waals surface area contributed by atoms with Crippen molar-refractivity contribution in [2.24, 2.45) is 0 Å². The average Bonchev–Trinajstić information content (AvgIpc) is 2.72. The van der Waals surface area contributed by atoms with Gasteiger partial charge in [0, 0.05) is 22.4 Å². The van der Waals surface area contributed by atoms with E-state index in [0.717, 1.165) is 21.4 Å². The van der Waals surface area contributed by atoms with E-state index in [4.69, 9.17) is 0 Å². The van der Waals surface area contributed by atoms with Gasteiger partial charge >= 0.3 is 0 Å². The Morgan fingerprint density at radius 1 is 1.12 bits per heavy atom. The van der Waals surface area contributed by atoms with E-state index in [1.807, 2.05) is 35.0 Å². The number of aromatic nitrogens is 2. The maximum atomic E-state index is 13.1. The van der Waals surface area contributed by atoms with Gasteiger partial charge < -0.3 is 4.40 Å². The molecule has 0 N–H and O–H groups in total. The zero-order valence-electron chi connectivity index (χ0n) is 8.77. The van der Waals surface area contributed by atoms with Crippen LogP contribution in [0, 0.1) is 5.82 Å². The molecule has 0 amide bonds. The fraction of sp³-hybridized carbons (Fsp3) is 0. The molecule has 0 saturated carbocycles. The van der Waals surface area contributed by atoms with Crippen LogP contribution in [0.1, 0.15) is 0 Å². The Kier molecular flexibility index (Phi) is 2.44. The van der Waals surface area contributed by atoms with Gasteiger partial charge in [0.1, 0.15) is 11.5 Å². The van der Waals surface area contributed by atoms with Gasteiger partial charge in [-0.3, -0.25) is 0 Å². The average molecular weight is 291 g/mol. The molecule has 0 atom stereocenters. The van der Waals surface area contributed by atoms with Crippen LogP contribution < -0.4 is 0 Å². The number of imidazole rings is 1. The summed E-state index contributed by atoms with van der Waals surface area (Å²) >= 11 is 3.40. The molecule has 17 heavy (non-hydrogen) atoms. The van der Waals surface area contributed by atoms with E-state index in [1.165, 1.54) is 12.1 Å². The second kappa shape index (κ2) is 3.96. The number of benzene rings is 1. The van der Waals surface area contributed by atoms with Crippen molar-refractivity contribution in [3.05, 3.63) is 59.1 Å². The van der Waals surface area contributed by atoms with Crippen LogP contribution >= 0.6 is 15.9 Å². The van der Waals surface area contributed by atoms with E-state index in [2.05, 4.69) is 20.9 Å². The normalized spacial score (nSPS) is 10.9. The lowest BCUT2D eigenvalue weighted by atomic mass is 10.2. The van der Waals surface area contributed by atoms with E-state index < -0.39 is 0 Å². The molecule has 3 aromatic rings. The maximum Gasteiger partial charge on any atom is 0.137 e. The molecule has 1 aromatic carbocycles. The number of hydrogen-bond donors (Lipinski definition) is 0. The van der Waals surface area contributed by atoms with Crippen molar-refractivity contribution in [2.45, 2.75) is 0 Å². The Morgan fingerprint density at radius 3 is 2.82 bits per heavy atom. The Morgan fingerprint density at radius 2 is 2.00 bits per heavy atom. The van der Waals surface area contributed by atoms with Gasteiger partial charge in [-0.05, 0) is 40.2 Å². The van der Waals surface area contributed by atoms with Gasteiger partial charge in [0.2, 0.25) is 0 Å². The zero-order valence-corrected chi connectivity index (χ0v) is 10.4. The van der Waals surface area contributed by atoms with E-state index in [1.54, 1.807) is 6.07 Å². The highest BCUT2D eigenvalue weighted by Gasteiger charge is 2.05. The van der Waals surface area contributed by atoms with Crippen molar-refractivity contribution in [2.75, 3.05) is 0 Å². The standard InChI is InChI=1S/C13H8BrFN2/c14-10-4-5-13-16-12(8-17(13)7-10)9-2-1-3-11(15)6-9/h1-8H. The van der Waals surface area contributed by atoms with E-state index in [-0.39, 0.29) is 5.82 Å². The fourth-order valence-electron chi connectivity index (χ4n) is 1.75. The van der Waals surface area contributed by atoms with Gasteiger partial charge in [-0.15, -0.1) is 0 Å². The summed E-state index contributed by atoms with van der Waals surface area (Å²) in [7, 11) is 0. The lowest BCUT2D eigenvalue weighted by molar-refractivity contribution is 0.628. The number of halogens is 2. The summed E-state index contributed by atoms with van der Waals surface area (Å²) < 4.78 is 16.0. The molecular formula is C13H8BrFN2. The highest BCUT2D eigenvalue weighted by molar-refractivity contribution is 9.10. The molecule has 0 aliphatic carbocycles. The van der Waals surface area contributed by atoms with E-state index in [9.17, 15) is 4.39 Å². The molecule has 2 aromatic heterocycles. The summed E-state index contributed by atoms with van der Waals surface area (Å²) in [4.78, 5) is 4.44. The van der Waals surface area contributed by atoms with Gasteiger partial charge in [-0.1, -0.05) is 12.1 Å². The third-order valence-electron chi connectivity index (χ3n) is 2.54. The second-order valence-corrected chi connectivity index (χ2v) is 4.66. The molecule has 0 saturated heterocycles. The van der Waals surface area contributed by atoms with Crippen molar-refractivity contribution in [1.29, 1.82) is 0 Å². The minimum Gasteiger partial charge on any atom is -0.305 e. The predicted octanol–water partition coefficient (Wildman–Crippen LogP) is 3.90. The van der Waals surface area contributed by atoms with Crippen LogP contribution in [0.25, 0.3) is 16.9 Å². The van der Waals surface area contributed by atoms with E-state index >= 15 is 0 Å². The van der Waals surface area contributed by atoms with Crippen LogP contribution in [0.5, 0.6) is 0 Å². The largest absolute Gasteiger partial charge is 0.305 e. The second-order valence-electron chi connectivity index (χ2n) is 3.75. The van der Waals surface area contributed by atoms with Gasteiger partial charge in [-0.25, -0.2) is 9.37 Å². The summed E-state index contributed by atoms with van der Waals surface area (Å²) in [5.41, 5.74) is 2.39. The molecule has 84 valence electrons. The first-order chi connectivity index (χ1) is 8.22. The molecule has 0 spiro atoms. The minimum absolute atomic E-state index is 0.249. The van der Waals surface area contributed by atoms with Gasteiger partial charge in [0.25, 0.3) is 0 Å². The van der Waals surface area contributed by atoms with Crippen molar-refractivity contribution >= 4 is 21.6 Å². The lowest BCUT2D eigenvalue weighted by Crippen LogP contribution is -1.80. The Balaban J connectivity index is 2.18. The topological polar surface area (TPSA) is 17.3 Å². The summed E-state index contributed by atoms with van der Waals surface area (Å²) in [6.45, 7) is 0. The molecule has 0 aliphatic heterocycles. The molecule has 4 heteroatoms. The molecule has 0 unspecified atom stereocenters. The van der Waals surface area contributed by atoms with Crippen LogP contribution in [0.15, 0.2) is 53.3 Å². The van der Waals surface area contributed by atoms with Crippen molar-refractivity contribution in [3.63, 3.8) is 0 Å². The highest BCUT2D eigenvalue weighted by Crippen LogP contribution is 2.21. The van der Waals surface area contributed by atoms with Crippen LogP contribution in [-0.2, 0) is 0 Å². The molecule has 0 fully saturated rings. The Labute approximate surface area is 106 Å². The van der Waals surface area contributed by atoms with Gasteiger partial charge in [0.05, 0.1) is 5.69 Å². The van der Waals surface area contributed by atoms with Crippen LogP contribution in [0.3, 0.4) is 0 Å². The first-order valence-electron chi connectivity index (χ1n) is 5.12. The SMILES string of the molecule is Fc1cccc(-c2cn3cc(Br)ccc3n2)c1. The zero-order chi connectivity index (χ0) is 11.8. The van der Waals surface area contributed by atoms with Crippen molar-refractivity contribution < 1.29 is 4.39 Å². The third kappa shape index (κ3) is 1.96. The first kappa shape index (κ1) is 10.5. The van der Waals surface area contributed by atoms with Gasteiger partial charge in [-0.2, -0.15) is 0 Å². The molecule has 0 bridgehead atoms. The summed E-state index contributed by atoms with van der Waals surface area (Å²) in [6.07, 6.45) is 3.81. The summed E-state index contributed by atoms with van der Waals surface area (Å²) in [5.74, 6) is -0.249. The number of pyridine rings is 1. The Bertz CT molecular complexity index is 691. The molecule has 0 radical (unpaired) electrons. The van der Waals surface area contributed by atoms with Crippen LogP contribution in [-0.4, -0.2) is 9.38 Å². The number of hydrogen-bond acceptors (Lipinski definition) is 1. The first-order valence-corrected chi connectivity index (χ1v) is 5.92. The maximum absolute atomic E-state index is 13.1.